The van der Waals surface area contributed by atoms with E-state index in [-0.39, 0.29) is 0 Å². The van der Waals surface area contributed by atoms with Crippen LogP contribution in [0.2, 0.25) is 0 Å². The first-order valence-corrected chi connectivity index (χ1v) is 6.59. The van der Waals surface area contributed by atoms with Crippen LogP contribution in [-0.4, -0.2) is 38.1 Å². The Morgan fingerprint density at radius 1 is 1.07 bits per heavy atom. The number of nitrogens with one attached hydrogen (secondary N) is 1. The summed E-state index contributed by atoms with van der Waals surface area (Å²) in [4.78, 5) is 2.36. The highest BCUT2D eigenvalue weighted by molar-refractivity contribution is 4.62. The lowest BCUT2D eigenvalue weighted by molar-refractivity contribution is 0.335. The first-order valence-electron chi connectivity index (χ1n) is 6.59. The molecule has 0 amide bonds. The lowest BCUT2D eigenvalue weighted by atomic mass is 10.0. The Morgan fingerprint density at radius 2 is 1.53 bits per heavy atom. The zero-order chi connectivity index (χ0) is 11.5. The monoisotopic (exact) mass is 214 g/mol. The highest BCUT2D eigenvalue weighted by Crippen LogP contribution is 2.08. The molecule has 0 aromatic carbocycles. The molecule has 0 unspecified atom stereocenters. The summed E-state index contributed by atoms with van der Waals surface area (Å²) in [5, 5.41) is 3.32. The summed E-state index contributed by atoms with van der Waals surface area (Å²) in [5.41, 5.74) is 0. The van der Waals surface area contributed by atoms with Crippen molar-refractivity contribution in [1.82, 2.24) is 10.2 Å². The number of hydrogen-bond donors (Lipinski definition) is 1. The predicted molar refractivity (Wildman–Crippen MR) is 69.3 cm³/mol. The minimum Gasteiger partial charge on any atom is -0.317 e. The average Bonchev–Trinajstić information content (AvgIpc) is 2.20. The molecule has 0 radical (unpaired) electrons. The second-order valence-electron chi connectivity index (χ2n) is 4.74. The van der Waals surface area contributed by atoms with Crippen LogP contribution < -0.4 is 5.32 Å². The largest absolute Gasteiger partial charge is 0.317 e. The Labute approximate surface area is 96.4 Å². The van der Waals surface area contributed by atoms with E-state index < -0.39 is 0 Å². The highest BCUT2D eigenvalue weighted by Gasteiger charge is 2.05. The third-order valence-corrected chi connectivity index (χ3v) is 2.84. The maximum atomic E-state index is 3.32. The van der Waals surface area contributed by atoms with Gasteiger partial charge in [0.2, 0.25) is 0 Å². The minimum atomic E-state index is 0.973. The normalized spacial score (nSPS) is 17.4. The standard InChI is InChI=1S/C7H17N.C6H13N/c1-4-6-8(3)7-5-2;1-6-2-4-7-5-3-6/h4-7H2,1-3H3;6-7H,2-5H2,1H3. The summed E-state index contributed by atoms with van der Waals surface area (Å²) in [6.07, 6.45) is 5.30. The molecule has 2 heteroatoms. The molecule has 92 valence electrons. The number of rotatable bonds is 4. The summed E-state index contributed by atoms with van der Waals surface area (Å²) >= 11 is 0. The summed E-state index contributed by atoms with van der Waals surface area (Å²) < 4.78 is 0. The first-order chi connectivity index (χ1) is 7.20. The fourth-order valence-electron chi connectivity index (χ4n) is 1.84. The minimum absolute atomic E-state index is 0.973. The van der Waals surface area contributed by atoms with Gasteiger partial charge in [-0.3, -0.25) is 0 Å². The van der Waals surface area contributed by atoms with Crippen molar-refractivity contribution in [2.75, 3.05) is 33.2 Å². The third-order valence-electron chi connectivity index (χ3n) is 2.84. The molecular formula is C13H30N2. The van der Waals surface area contributed by atoms with E-state index in [0.717, 1.165) is 5.92 Å². The van der Waals surface area contributed by atoms with Gasteiger partial charge in [0.1, 0.15) is 0 Å². The molecule has 0 saturated carbocycles. The molecule has 0 aromatic heterocycles. The molecule has 0 aromatic rings. The van der Waals surface area contributed by atoms with Gasteiger partial charge in [-0.15, -0.1) is 0 Å². The Hall–Kier alpha value is -0.0800. The SMILES string of the molecule is CC1CCNCC1.CCCN(C)CCC. The van der Waals surface area contributed by atoms with Crippen molar-refractivity contribution < 1.29 is 0 Å². The third kappa shape index (κ3) is 10.2. The van der Waals surface area contributed by atoms with Gasteiger partial charge in [-0.2, -0.15) is 0 Å². The highest BCUT2D eigenvalue weighted by atomic mass is 15.1. The van der Waals surface area contributed by atoms with Crippen LogP contribution in [0.3, 0.4) is 0 Å². The molecule has 1 N–H and O–H groups in total. The van der Waals surface area contributed by atoms with E-state index in [9.17, 15) is 0 Å². The van der Waals surface area contributed by atoms with Crippen LogP contribution in [0.1, 0.15) is 46.5 Å². The van der Waals surface area contributed by atoms with Gasteiger partial charge in [-0.05, 0) is 64.8 Å². The van der Waals surface area contributed by atoms with E-state index >= 15 is 0 Å². The van der Waals surface area contributed by atoms with E-state index in [1.807, 2.05) is 0 Å². The number of nitrogens with zero attached hydrogens (tertiary/aromatic N) is 1. The average molecular weight is 214 g/mol. The van der Waals surface area contributed by atoms with Crippen LogP contribution in [0.15, 0.2) is 0 Å². The molecule has 1 aliphatic heterocycles. The molecule has 0 spiro atoms. The molecule has 0 atom stereocenters. The second kappa shape index (κ2) is 10.4. The predicted octanol–water partition coefficient (Wildman–Crippen LogP) is 2.74. The van der Waals surface area contributed by atoms with Gasteiger partial charge in [0, 0.05) is 0 Å². The van der Waals surface area contributed by atoms with Crippen molar-refractivity contribution in [2.45, 2.75) is 46.5 Å². The fourth-order valence-corrected chi connectivity index (χ4v) is 1.84. The molecule has 1 fully saturated rings. The van der Waals surface area contributed by atoms with Crippen molar-refractivity contribution in [2.24, 2.45) is 5.92 Å². The van der Waals surface area contributed by atoms with E-state index in [0.29, 0.717) is 0 Å². The molecule has 0 aliphatic carbocycles. The molecule has 2 nitrogen and oxygen atoms in total. The van der Waals surface area contributed by atoms with Gasteiger partial charge < -0.3 is 10.2 Å². The molecule has 1 aliphatic rings. The van der Waals surface area contributed by atoms with Gasteiger partial charge in [0.05, 0.1) is 0 Å². The molecule has 1 saturated heterocycles. The van der Waals surface area contributed by atoms with Crippen LogP contribution in [0, 0.1) is 5.92 Å². The van der Waals surface area contributed by atoms with Crippen molar-refractivity contribution in [3.63, 3.8) is 0 Å². The lowest BCUT2D eigenvalue weighted by Gasteiger charge is -2.17. The Balaban J connectivity index is 0.000000262. The molecule has 1 heterocycles. The number of hydrogen-bond acceptors (Lipinski definition) is 2. The molecule has 15 heavy (non-hydrogen) atoms. The van der Waals surface area contributed by atoms with Crippen molar-refractivity contribution in [1.29, 1.82) is 0 Å². The maximum Gasteiger partial charge on any atom is -0.00244 e. The zero-order valence-electron chi connectivity index (χ0n) is 11.2. The van der Waals surface area contributed by atoms with Crippen LogP contribution >= 0.6 is 0 Å². The van der Waals surface area contributed by atoms with Gasteiger partial charge in [0.15, 0.2) is 0 Å². The lowest BCUT2D eigenvalue weighted by Crippen LogP contribution is -2.26. The molecule has 1 rings (SSSR count). The molecule has 0 bridgehead atoms. The van der Waals surface area contributed by atoms with Gasteiger partial charge in [0.25, 0.3) is 0 Å². The summed E-state index contributed by atoms with van der Waals surface area (Å²) in [6.45, 7) is 11.7. The zero-order valence-corrected chi connectivity index (χ0v) is 11.2. The fraction of sp³-hybridized carbons (Fsp3) is 1.00. The summed E-state index contributed by atoms with van der Waals surface area (Å²) in [6, 6.07) is 0. The quantitative estimate of drug-likeness (QED) is 0.774. The Kier molecular flexibility index (Phi) is 10.4. The van der Waals surface area contributed by atoms with Crippen molar-refractivity contribution in [3.05, 3.63) is 0 Å². The van der Waals surface area contributed by atoms with Crippen LogP contribution in [0.5, 0.6) is 0 Å². The van der Waals surface area contributed by atoms with E-state index in [1.165, 1.54) is 51.9 Å². The Morgan fingerprint density at radius 3 is 1.80 bits per heavy atom. The maximum absolute atomic E-state index is 3.32. The summed E-state index contributed by atoms with van der Waals surface area (Å²) in [7, 11) is 2.17. The summed E-state index contributed by atoms with van der Waals surface area (Å²) in [5.74, 6) is 0.973. The van der Waals surface area contributed by atoms with Crippen LogP contribution in [0.25, 0.3) is 0 Å². The number of piperidine rings is 1. The van der Waals surface area contributed by atoms with E-state index in [1.54, 1.807) is 0 Å². The smallest absolute Gasteiger partial charge is 0.00244 e. The van der Waals surface area contributed by atoms with Crippen molar-refractivity contribution >= 4 is 0 Å². The van der Waals surface area contributed by atoms with Crippen LogP contribution in [0.4, 0.5) is 0 Å². The Bertz CT molecular complexity index is 114. The van der Waals surface area contributed by atoms with Crippen molar-refractivity contribution in [3.8, 4) is 0 Å². The van der Waals surface area contributed by atoms with Gasteiger partial charge >= 0.3 is 0 Å². The van der Waals surface area contributed by atoms with E-state index in [2.05, 4.69) is 38.0 Å². The van der Waals surface area contributed by atoms with Crippen LogP contribution in [-0.2, 0) is 0 Å². The molecular weight excluding hydrogens is 184 g/mol. The van der Waals surface area contributed by atoms with Gasteiger partial charge in [-0.25, -0.2) is 0 Å². The second-order valence-corrected chi connectivity index (χ2v) is 4.74. The van der Waals surface area contributed by atoms with Gasteiger partial charge in [-0.1, -0.05) is 20.8 Å². The first kappa shape index (κ1) is 14.9. The topological polar surface area (TPSA) is 15.3 Å². The van der Waals surface area contributed by atoms with E-state index in [4.69, 9.17) is 0 Å².